The van der Waals surface area contributed by atoms with E-state index in [1.807, 2.05) is 29.2 Å². The first kappa shape index (κ1) is 19.4. The van der Waals surface area contributed by atoms with Gasteiger partial charge in [-0.3, -0.25) is 9.69 Å². The molecule has 0 aliphatic carbocycles. The maximum absolute atomic E-state index is 13.7. The van der Waals surface area contributed by atoms with Gasteiger partial charge in [0.15, 0.2) is 11.5 Å². The molecule has 158 valence electrons. The van der Waals surface area contributed by atoms with Crippen LogP contribution < -0.4 is 9.47 Å². The summed E-state index contributed by atoms with van der Waals surface area (Å²) in [5.74, 6) is 1.79. The Hall–Kier alpha value is -2.57. The van der Waals surface area contributed by atoms with E-state index in [1.165, 1.54) is 5.56 Å². The number of likely N-dealkylation sites (tertiary alicyclic amines) is 1. The van der Waals surface area contributed by atoms with Crippen molar-refractivity contribution >= 4 is 5.91 Å². The molecule has 0 saturated carbocycles. The zero-order valence-electron chi connectivity index (χ0n) is 17.2. The number of rotatable bonds is 4. The molecule has 0 bridgehead atoms. The van der Waals surface area contributed by atoms with E-state index in [2.05, 4.69) is 29.2 Å². The third-order valence-electron chi connectivity index (χ3n) is 6.25. The first-order valence-electron chi connectivity index (χ1n) is 10.9. The average Bonchev–Trinajstić information content (AvgIpc) is 3.29. The lowest BCUT2D eigenvalue weighted by Gasteiger charge is -2.37. The number of carbonyl (C=O) groups is 1. The molecular formula is C24H28N2O4. The highest BCUT2D eigenvalue weighted by atomic mass is 16.6. The van der Waals surface area contributed by atoms with E-state index in [0.29, 0.717) is 39.5 Å². The fourth-order valence-electron chi connectivity index (χ4n) is 4.79. The first-order valence-corrected chi connectivity index (χ1v) is 10.9. The van der Waals surface area contributed by atoms with Crippen LogP contribution in [-0.2, 0) is 9.53 Å². The topological polar surface area (TPSA) is 51.2 Å². The molecule has 0 radical (unpaired) electrons. The normalized spacial score (nSPS) is 22.7. The number of hydrogen-bond acceptors (Lipinski definition) is 5. The number of morpholine rings is 1. The van der Waals surface area contributed by atoms with Crippen LogP contribution in [0, 0.1) is 0 Å². The van der Waals surface area contributed by atoms with Crippen LogP contribution in [0.5, 0.6) is 11.5 Å². The van der Waals surface area contributed by atoms with Crippen molar-refractivity contribution in [1.82, 2.24) is 9.80 Å². The van der Waals surface area contributed by atoms with Crippen molar-refractivity contribution in [1.29, 1.82) is 0 Å². The maximum atomic E-state index is 13.7. The molecule has 2 atom stereocenters. The second-order valence-electron chi connectivity index (χ2n) is 8.05. The molecule has 3 aliphatic rings. The van der Waals surface area contributed by atoms with Gasteiger partial charge >= 0.3 is 0 Å². The average molecular weight is 408 g/mol. The predicted octanol–water partition coefficient (Wildman–Crippen LogP) is 3.19. The molecule has 0 spiro atoms. The molecule has 5 rings (SSSR count). The van der Waals surface area contributed by atoms with E-state index in [-0.39, 0.29) is 18.0 Å². The number of nitrogens with zero attached hydrogens (tertiary/aromatic N) is 2. The van der Waals surface area contributed by atoms with Crippen LogP contribution in [0.2, 0.25) is 0 Å². The van der Waals surface area contributed by atoms with Gasteiger partial charge in [0.2, 0.25) is 5.91 Å². The maximum Gasteiger partial charge on any atom is 0.244 e. The van der Waals surface area contributed by atoms with Crippen molar-refractivity contribution in [2.45, 2.75) is 24.9 Å². The highest BCUT2D eigenvalue weighted by Gasteiger charge is 2.39. The van der Waals surface area contributed by atoms with Gasteiger partial charge in [0.25, 0.3) is 0 Å². The lowest BCUT2D eigenvalue weighted by atomic mass is 9.98. The van der Waals surface area contributed by atoms with Gasteiger partial charge in [-0.25, -0.2) is 0 Å². The molecule has 3 aliphatic heterocycles. The number of carbonyl (C=O) groups excluding carboxylic acids is 1. The standard InChI is InChI=1S/C24H28N2O4/c27-24(25-11-13-28-14-12-25)23(18-5-2-1-3-6-18)26-10-4-7-20(26)19-8-9-21-22(17-19)30-16-15-29-21/h1-3,5-6,8-9,17,20,23H,4,7,10-16H2/t20-,23-/m0/s1. The molecule has 0 aromatic heterocycles. The molecule has 30 heavy (non-hydrogen) atoms. The summed E-state index contributed by atoms with van der Waals surface area (Å²) in [5, 5.41) is 0. The van der Waals surface area contributed by atoms with Gasteiger partial charge in [0, 0.05) is 19.1 Å². The van der Waals surface area contributed by atoms with Crippen LogP contribution in [0.3, 0.4) is 0 Å². The van der Waals surface area contributed by atoms with E-state index in [1.54, 1.807) is 0 Å². The molecule has 0 unspecified atom stereocenters. The Labute approximate surface area is 177 Å². The van der Waals surface area contributed by atoms with Crippen molar-refractivity contribution in [3.8, 4) is 11.5 Å². The Balaban J connectivity index is 1.47. The molecule has 2 fully saturated rings. The van der Waals surface area contributed by atoms with E-state index in [0.717, 1.165) is 36.4 Å². The van der Waals surface area contributed by atoms with Gasteiger partial charge in [-0.1, -0.05) is 36.4 Å². The van der Waals surface area contributed by atoms with Gasteiger partial charge in [-0.05, 0) is 42.6 Å². The van der Waals surface area contributed by atoms with Crippen LogP contribution in [0.25, 0.3) is 0 Å². The molecule has 2 saturated heterocycles. The van der Waals surface area contributed by atoms with E-state index in [4.69, 9.17) is 14.2 Å². The zero-order chi connectivity index (χ0) is 20.3. The molecule has 0 N–H and O–H groups in total. The second-order valence-corrected chi connectivity index (χ2v) is 8.05. The lowest BCUT2D eigenvalue weighted by Crippen LogP contribution is -2.47. The van der Waals surface area contributed by atoms with E-state index >= 15 is 0 Å². The summed E-state index contributed by atoms with van der Waals surface area (Å²) in [6.07, 6.45) is 2.10. The van der Waals surface area contributed by atoms with Crippen molar-refractivity contribution in [3.63, 3.8) is 0 Å². The van der Waals surface area contributed by atoms with Crippen molar-refractivity contribution in [2.75, 3.05) is 46.1 Å². The summed E-state index contributed by atoms with van der Waals surface area (Å²) in [7, 11) is 0. The SMILES string of the molecule is O=C([C@H](c1ccccc1)N1CCC[C@H]1c1ccc2c(c1)OCCO2)N1CCOCC1. The zero-order valence-corrected chi connectivity index (χ0v) is 17.2. The highest BCUT2D eigenvalue weighted by molar-refractivity contribution is 5.83. The van der Waals surface area contributed by atoms with Crippen molar-refractivity contribution in [2.24, 2.45) is 0 Å². The summed E-state index contributed by atoms with van der Waals surface area (Å²) in [6, 6.07) is 16.3. The Morgan fingerprint density at radius 1 is 0.900 bits per heavy atom. The highest BCUT2D eigenvalue weighted by Crippen LogP contribution is 2.42. The molecular weight excluding hydrogens is 380 g/mol. The van der Waals surface area contributed by atoms with Crippen molar-refractivity contribution < 1.29 is 19.0 Å². The Morgan fingerprint density at radius 3 is 2.47 bits per heavy atom. The predicted molar refractivity (Wildman–Crippen MR) is 113 cm³/mol. The van der Waals surface area contributed by atoms with Crippen LogP contribution in [-0.4, -0.2) is 61.8 Å². The summed E-state index contributed by atoms with van der Waals surface area (Å²) >= 11 is 0. The van der Waals surface area contributed by atoms with Crippen LogP contribution in [0.15, 0.2) is 48.5 Å². The smallest absolute Gasteiger partial charge is 0.244 e. The van der Waals surface area contributed by atoms with E-state index < -0.39 is 0 Å². The van der Waals surface area contributed by atoms with E-state index in [9.17, 15) is 4.79 Å². The van der Waals surface area contributed by atoms with Crippen molar-refractivity contribution in [3.05, 3.63) is 59.7 Å². The second kappa shape index (κ2) is 8.66. The quantitative estimate of drug-likeness (QED) is 0.778. The fourth-order valence-corrected chi connectivity index (χ4v) is 4.79. The van der Waals surface area contributed by atoms with Crippen LogP contribution in [0.4, 0.5) is 0 Å². The summed E-state index contributed by atoms with van der Waals surface area (Å²) in [6.45, 7) is 4.60. The lowest BCUT2D eigenvalue weighted by molar-refractivity contribution is -0.142. The third kappa shape index (κ3) is 3.77. The molecule has 2 aromatic rings. The summed E-state index contributed by atoms with van der Waals surface area (Å²) in [5.41, 5.74) is 2.24. The largest absolute Gasteiger partial charge is 0.486 e. The minimum atomic E-state index is -0.287. The third-order valence-corrected chi connectivity index (χ3v) is 6.25. The number of amides is 1. The number of benzene rings is 2. The molecule has 6 nitrogen and oxygen atoms in total. The van der Waals surface area contributed by atoms with Gasteiger partial charge in [-0.15, -0.1) is 0 Å². The molecule has 6 heteroatoms. The fraction of sp³-hybridized carbons (Fsp3) is 0.458. The monoisotopic (exact) mass is 408 g/mol. The molecule has 2 aromatic carbocycles. The Bertz CT molecular complexity index is 882. The number of ether oxygens (including phenoxy) is 3. The van der Waals surface area contributed by atoms with Gasteiger partial charge in [-0.2, -0.15) is 0 Å². The number of hydrogen-bond donors (Lipinski definition) is 0. The molecule has 1 amide bonds. The molecule has 3 heterocycles. The minimum absolute atomic E-state index is 0.175. The Kier molecular flexibility index (Phi) is 5.60. The number of fused-ring (bicyclic) bond motifs is 1. The van der Waals surface area contributed by atoms with Gasteiger partial charge in [0.05, 0.1) is 13.2 Å². The summed E-state index contributed by atoms with van der Waals surface area (Å²) in [4.78, 5) is 18.0. The minimum Gasteiger partial charge on any atom is -0.486 e. The first-order chi connectivity index (χ1) is 14.8. The Morgan fingerprint density at radius 2 is 1.67 bits per heavy atom. The van der Waals surface area contributed by atoms with Crippen LogP contribution >= 0.6 is 0 Å². The summed E-state index contributed by atoms with van der Waals surface area (Å²) < 4.78 is 17.0. The van der Waals surface area contributed by atoms with Gasteiger partial charge in [0.1, 0.15) is 19.3 Å². The van der Waals surface area contributed by atoms with Gasteiger partial charge < -0.3 is 19.1 Å². The van der Waals surface area contributed by atoms with Crippen LogP contribution in [0.1, 0.15) is 36.1 Å².